The van der Waals surface area contributed by atoms with Crippen LogP contribution in [-0.4, -0.2) is 35.6 Å². The van der Waals surface area contributed by atoms with Crippen molar-refractivity contribution < 1.29 is 9.53 Å². The number of carbonyl (C=O) groups is 1. The summed E-state index contributed by atoms with van der Waals surface area (Å²) in [4.78, 5) is 14.1. The number of nitrogens with zero attached hydrogens (tertiary/aromatic N) is 1. The van der Waals surface area contributed by atoms with E-state index in [2.05, 4.69) is 18.7 Å². The third-order valence-electron chi connectivity index (χ3n) is 3.71. The number of esters is 1. The largest absolute Gasteiger partial charge is 0.468 e. The highest BCUT2D eigenvalue weighted by Crippen LogP contribution is 2.49. The van der Waals surface area contributed by atoms with Crippen molar-refractivity contribution in [3.63, 3.8) is 0 Å². The maximum Gasteiger partial charge on any atom is 0.326 e. The second-order valence-corrected chi connectivity index (χ2v) is 4.77. The molecule has 1 saturated carbocycles. The molecule has 3 nitrogen and oxygen atoms in total. The van der Waals surface area contributed by atoms with Crippen molar-refractivity contribution in [2.75, 3.05) is 7.11 Å². The molecule has 3 fully saturated rings. The first-order valence-electron chi connectivity index (χ1n) is 5.48. The maximum atomic E-state index is 11.8. The van der Waals surface area contributed by atoms with Gasteiger partial charge in [-0.1, -0.05) is 0 Å². The van der Waals surface area contributed by atoms with E-state index in [9.17, 15) is 4.79 Å². The molecular formula is C11H19NO2. The normalized spacial score (nSPS) is 36.7. The molecule has 1 aliphatic carbocycles. The highest BCUT2D eigenvalue weighted by molar-refractivity contribution is 5.82. The minimum absolute atomic E-state index is 0.0258. The minimum atomic E-state index is -0.258. The summed E-state index contributed by atoms with van der Waals surface area (Å²) in [5, 5.41) is 0. The van der Waals surface area contributed by atoms with Crippen LogP contribution in [-0.2, 0) is 9.53 Å². The molecule has 80 valence electrons. The molecule has 0 N–H and O–H groups in total. The van der Waals surface area contributed by atoms with Gasteiger partial charge in [0, 0.05) is 12.1 Å². The lowest BCUT2D eigenvalue weighted by Crippen LogP contribution is -2.74. The SMILES string of the molecule is COC(=O)C12CCCC(C1)N2C(C)C. The highest BCUT2D eigenvalue weighted by atomic mass is 16.5. The van der Waals surface area contributed by atoms with Crippen molar-refractivity contribution in [3.8, 4) is 0 Å². The predicted molar refractivity (Wildman–Crippen MR) is 54.0 cm³/mol. The van der Waals surface area contributed by atoms with Gasteiger partial charge in [-0.25, -0.2) is 0 Å². The van der Waals surface area contributed by atoms with Crippen molar-refractivity contribution >= 4 is 5.97 Å². The molecule has 0 amide bonds. The van der Waals surface area contributed by atoms with E-state index in [4.69, 9.17) is 4.74 Å². The van der Waals surface area contributed by atoms with E-state index < -0.39 is 0 Å². The Morgan fingerprint density at radius 1 is 1.57 bits per heavy atom. The fourth-order valence-electron chi connectivity index (χ4n) is 3.33. The Labute approximate surface area is 85.4 Å². The van der Waals surface area contributed by atoms with Crippen molar-refractivity contribution in [3.05, 3.63) is 0 Å². The second-order valence-electron chi connectivity index (χ2n) is 4.77. The van der Waals surface area contributed by atoms with Crippen LogP contribution in [0, 0.1) is 0 Å². The smallest absolute Gasteiger partial charge is 0.326 e. The molecule has 0 aromatic heterocycles. The lowest BCUT2D eigenvalue weighted by Gasteiger charge is -2.61. The lowest BCUT2D eigenvalue weighted by molar-refractivity contribution is -0.188. The first-order valence-corrected chi connectivity index (χ1v) is 5.48. The Bertz CT molecular complexity index is 248. The summed E-state index contributed by atoms with van der Waals surface area (Å²) in [7, 11) is 1.50. The van der Waals surface area contributed by atoms with Crippen molar-refractivity contribution in [2.24, 2.45) is 0 Å². The maximum absolute atomic E-state index is 11.8. The Hall–Kier alpha value is -0.570. The van der Waals surface area contributed by atoms with Crippen LogP contribution in [0.4, 0.5) is 0 Å². The topological polar surface area (TPSA) is 29.5 Å². The second kappa shape index (κ2) is 3.23. The van der Waals surface area contributed by atoms with Crippen LogP contribution in [0.3, 0.4) is 0 Å². The zero-order valence-corrected chi connectivity index (χ0v) is 9.25. The van der Waals surface area contributed by atoms with Crippen LogP contribution in [0.5, 0.6) is 0 Å². The summed E-state index contributed by atoms with van der Waals surface area (Å²) in [6.07, 6.45) is 4.41. The number of methoxy groups -OCH3 is 1. The van der Waals surface area contributed by atoms with Crippen molar-refractivity contribution in [1.82, 2.24) is 4.90 Å². The molecule has 0 aromatic carbocycles. The van der Waals surface area contributed by atoms with Crippen molar-refractivity contribution in [2.45, 2.75) is 57.2 Å². The number of piperidine rings is 1. The van der Waals surface area contributed by atoms with E-state index in [1.54, 1.807) is 0 Å². The molecular weight excluding hydrogens is 178 g/mol. The summed E-state index contributed by atoms with van der Waals surface area (Å²) in [5.74, 6) is -0.0258. The molecule has 3 heteroatoms. The fourth-order valence-corrected chi connectivity index (χ4v) is 3.33. The van der Waals surface area contributed by atoms with Gasteiger partial charge in [0.1, 0.15) is 5.54 Å². The van der Waals surface area contributed by atoms with Crippen LogP contribution >= 0.6 is 0 Å². The number of fused-ring (bicyclic) bond motifs is 2. The van der Waals surface area contributed by atoms with E-state index in [-0.39, 0.29) is 11.5 Å². The summed E-state index contributed by atoms with van der Waals surface area (Å²) in [5.41, 5.74) is -0.258. The van der Waals surface area contributed by atoms with Crippen molar-refractivity contribution in [1.29, 1.82) is 0 Å². The summed E-state index contributed by atoms with van der Waals surface area (Å²) in [6, 6.07) is 1.08. The van der Waals surface area contributed by atoms with E-state index in [1.165, 1.54) is 20.0 Å². The van der Waals surface area contributed by atoms with Crippen LogP contribution in [0.1, 0.15) is 39.5 Å². The molecule has 0 radical (unpaired) electrons. The van der Waals surface area contributed by atoms with Gasteiger partial charge in [0.25, 0.3) is 0 Å². The average molecular weight is 197 g/mol. The van der Waals surface area contributed by atoms with Gasteiger partial charge < -0.3 is 4.74 Å². The molecule has 2 aliphatic heterocycles. The molecule has 2 heterocycles. The van der Waals surface area contributed by atoms with Gasteiger partial charge in [-0.05, 0) is 39.5 Å². The molecule has 0 spiro atoms. The van der Waals surface area contributed by atoms with E-state index in [0.717, 1.165) is 12.8 Å². The standard InChI is InChI=1S/C11H19NO2/c1-8(2)12-9-5-4-6-11(12,7-9)10(13)14-3/h8-9H,4-7H2,1-3H3. The molecule has 14 heavy (non-hydrogen) atoms. The predicted octanol–water partition coefficient (Wildman–Crippen LogP) is 1.56. The van der Waals surface area contributed by atoms with Gasteiger partial charge >= 0.3 is 5.97 Å². The molecule has 2 bridgehead atoms. The van der Waals surface area contributed by atoms with Crippen LogP contribution < -0.4 is 0 Å². The summed E-state index contributed by atoms with van der Waals surface area (Å²) >= 11 is 0. The third kappa shape index (κ3) is 1.11. The summed E-state index contributed by atoms with van der Waals surface area (Å²) in [6.45, 7) is 4.32. The number of hydrogen-bond acceptors (Lipinski definition) is 3. The Morgan fingerprint density at radius 2 is 2.29 bits per heavy atom. The van der Waals surface area contributed by atoms with E-state index in [1.807, 2.05) is 0 Å². The first-order chi connectivity index (χ1) is 6.62. The Kier molecular flexibility index (Phi) is 2.30. The highest BCUT2D eigenvalue weighted by Gasteiger charge is 2.60. The number of rotatable bonds is 2. The lowest BCUT2D eigenvalue weighted by atomic mass is 9.67. The number of ether oxygens (including phenoxy) is 1. The van der Waals surface area contributed by atoms with Gasteiger partial charge in [0.2, 0.25) is 0 Å². The molecule has 2 unspecified atom stereocenters. The fraction of sp³-hybridized carbons (Fsp3) is 0.909. The molecule has 3 rings (SSSR count). The third-order valence-corrected chi connectivity index (χ3v) is 3.71. The summed E-state index contributed by atoms with van der Waals surface area (Å²) < 4.78 is 4.93. The van der Waals surface area contributed by atoms with Gasteiger partial charge in [-0.15, -0.1) is 0 Å². The van der Waals surface area contributed by atoms with Gasteiger partial charge in [0.05, 0.1) is 7.11 Å². The molecule has 3 aliphatic rings. The molecule has 2 saturated heterocycles. The average Bonchev–Trinajstić information content (AvgIpc) is 2.16. The van der Waals surface area contributed by atoms with Gasteiger partial charge in [0.15, 0.2) is 0 Å². The zero-order valence-electron chi connectivity index (χ0n) is 9.25. The Morgan fingerprint density at radius 3 is 2.79 bits per heavy atom. The van der Waals surface area contributed by atoms with Gasteiger partial charge in [-0.3, -0.25) is 9.69 Å². The molecule has 2 atom stereocenters. The monoisotopic (exact) mass is 197 g/mol. The van der Waals surface area contributed by atoms with E-state index >= 15 is 0 Å². The number of carbonyl (C=O) groups excluding carboxylic acids is 1. The van der Waals surface area contributed by atoms with Crippen LogP contribution in [0.15, 0.2) is 0 Å². The van der Waals surface area contributed by atoms with Gasteiger partial charge in [-0.2, -0.15) is 0 Å². The van der Waals surface area contributed by atoms with Crippen LogP contribution in [0.25, 0.3) is 0 Å². The van der Waals surface area contributed by atoms with E-state index in [0.29, 0.717) is 12.1 Å². The Balaban J connectivity index is 2.20. The first kappa shape index (κ1) is 9.97. The van der Waals surface area contributed by atoms with Crippen LogP contribution in [0.2, 0.25) is 0 Å². The number of hydrogen-bond donors (Lipinski definition) is 0. The minimum Gasteiger partial charge on any atom is -0.468 e. The quantitative estimate of drug-likeness (QED) is 0.629. The molecule has 0 aromatic rings. The zero-order chi connectivity index (χ0) is 10.3.